The number of hydrogen-bond acceptors (Lipinski definition) is 4. The first kappa shape index (κ1) is 14.7. The van der Waals surface area contributed by atoms with Crippen LogP contribution in [-0.2, 0) is 0 Å². The number of carbonyl (C=O) groups is 1. The minimum Gasteiger partial charge on any atom is -0.496 e. The lowest BCUT2D eigenvalue weighted by molar-refractivity contribution is 0.0714. The number of ether oxygens (including phenoxy) is 2. The van der Waals surface area contributed by atoms with Crippen LogP contribution in [-0.4, -0.2) is 44.2 Å². The summed E-state index contributed by atoms with van der Waals surface area (Å²) in [6.07, 6.45) is 1.71. The Labute approximate surface area is 119 Å². The number of amides is 1. The van der Waals surface area contributed by atoms with Gasteiger partial charge in [0.2, 0.25) is 0 Å². The van der Waals surface area contributed by atoms with Gasteiger partial charge in [0.05, 0.1) is 14.2 Å². The maximum absolute atomic E-state index is 12.5. The van der Waals surface area contributed by atoms with Gasteiger partial charge < -0.3 is 20.1 Å². The third kappa shape index (κ3) is 2.88. The lowest BCUT2D eigenvalue weighted by Gasteiger charge is -2.30. The Kier molecular flexibility index (Phi) is 4.49. The highest BCUT2D eigenvalue weighted by Crippen LogP contribution is 2.30. The number of likely N-dealkylation sites (tertiary alicyclic amines) is 1. The molecule has 0 aliphatic carbocycles. The van der Waals surface area contributed by atoms with Crippen molar-refractivity contribution in [2.45, 2.75) is 25.8 Å². The zero-order valence-electron chi connectivity index (χ0n) is 12.3. The van der Waals surface area contributed by atoms with Gasteiger partial charge in [0.25, 0.3) is 5.91 Å². The summed E-state index contributed by atoms with van der Waals surface area (Å²) in [4.78, 5) is 14.4. The molecular weight excluding hydrogens is 256 g/mol. The van der Waals surface area contributed by atoms with Gasteiger partial charge in [-0.2, -0.15) is 0 Å². The molecule has 1 aromatic carbocycles. The number of rotatable bonds is 3. The van der Waals surface area contributed by atoms with Crippen molar-refractivity contribution >= 4 is 5.91 Å². The summed E-state index contributed by atoms with van der Waals surface area (Å²) >= 11 is 0. The van der Waals surface area contributed by atoms with Gasteiger partial charge in [-0.05, 0) is 31.9 Å². The summed E-state index contributed by atoms with van der Waals surface area (Å²) in [7, 11) is 3.19. The summed E-state index contributed by atoms with van der Waals surface area (Å²) in [5, 5.41) is 0. The maximum atomic E-state index is 12.5. The van der Waals surface area contributed by atoms with E-state index in [-0.39, 0.29) is 11.9 Å². The van der Waals surface area contributed by atoms with E-state index < -0.39 is 0 Å². The number of nitrogens with two attached hydrogens (primary N) is 1. The average molecular weight is 278 g/mol. The second-order valence-electron chi connectivity index (χ2n) is 5.14. The predicted molar refractivity (Wildman–Crippen MR) is 77.4 cm³/mol. The normalized spacial score (nSPS) is 16.1. The number of nitrogens with zero attached hydrogens (tertiary/aromatic N) is 1. The van der Waals surface area contributed by atoms with E-state index in [0.29, 0.717) is 30.2 Å². The minimum atomic E-state index is 0.00787. The molecule has 1 amide bonds. The average Bonchev–Trinajstić information content (AvgIpc) is 2.47. The Morgan fingerprint density at radius 3 is 2.15 bits per heavy atom. The molecular formula is C15H22N2O3. The van der Waals surface area contributed by atoms with Gasteiger partial charge in [0.1, 0.15) is 11.5 Å². The van der Waals surface area contributed by atoms with Crippen molar-refractivity contribution in [1.82, 2.24) is 4.90 Å². The zero-order chi connectivity index (χ0) is 14.7. The molecule has 1 aliphatic rings. The van der Waals surface area contributed by atoms with Crippen LogP contribution in [0.4, 0.5) is 0 Å². The van der Waals surface area contributed by atoms with Gasteiger partial charge in [0.15, 0.2) is 0 Å². The van der Waals surface area contributed by atoms with E-state index in [1.807, 2.05) is 11.8 Å². The van der Waals surface area contributed by atoms with E-state index >= 15 is 0 Å². The Bertz CT molecular complexity index is 469. The molecule has 0 spiro atoms. The van der Waals surface area contributed by atoms with Crippen LogP contribution in [0.5, 0.6) is 11.5 Å². The fourth-order valence-corrected chi connectivity index (χ4v) is 2.49. The van der Waals surface area contributed by atoms with Crippen LogP contribution in [0.15, 0.2) is 12.1 Å². The topological polar surface area (TPSA) is 64.8 Å². The van der Waals surface area contributed by atoms with Gasteiger partial charge in [-0.25, -0.2) is 0 Å². The van der Waals surface area contributed by atoms with E-state index in [2.05, 4.69) is 0 Å². The van der Waals surface area contributed by atoms with Gasteiger partial charge in [0, 0.05) is 30.3 Å². The molecule has 5 heteroatoms. The highest BCUT2D eigenvalue weighted by molar-refractivity contribution is 5.95. The molecule has 0 unspecified atom stereocenters. The van der Waals surface area contributed by atoms with Crippen LogP contribution < -0.4 is 15.2 Å². The summed E-state index contributed by atoms with van der Waals surface area (Å²) in [5.74, 6) is 1.34. The fraction of sp³-hybridized carbons (Fsp3) is 0.533. The van der Waals surface area contributed by atoms with Gasteiger partial charge in [-0.15, -0.1) is 0 Å². The van der Waals surface area contributed by atoms with Crippen LogP contribution in [0.2, 0.25) is 0 Å². The van der Waals surface area contributed by atoms with Crippen molar-refractivity contribution in [3.05, 3.63) is 23.3 Å². The molecule has 0 aromatic heterocycles. The molecule has 0 radical (unpaired) electrons. The molecule has 1 heterocycles. The van der Waals surface area contributed by atoms with Crippen molar-refractivity contribution < 1.29 is 14.3 Å². The quantitative estimate of drug-likeness (QED) is 0.911. The molecule has 1 saturated heterocycles. The molecule has 0 atom stereocenters. The maximum Gasteiger partial charge on any atom is 0.254 e. The van der Waals surface area contributed by atoms with E-state index in [1.54, 1.807) is 26.4 Å². The predicted octanol–water partition coefficient (Wildman–Crippen LogP) is 1.58. The number of piperidine rings is 1. The molecule has 110 valence electrons. The highest BCUT2D eigenvalue weighted by Gasteiger charge is 2.23. The summed E-state index contributed by atoms with van der Waals surface area (Å²) in [5.41, 5.74) is 7.36. The highest BCUT2D eigenvalue weighted by atomic mass is 16.5. The van der Waals surface area contributed by atoms with Crippen molar-refractivity contribution in [3.8, 4) is 11.5 Å². The van der Waals surface area contributed by atoms with Crippen molar-refractivity contribution in [3.63, 3.8) is 0 Å². The monoisotopic (exact) mass is 278 g/mol. The number of carbonyl (C=O) groups excluding carboxylic acids is 1. The summed E-state index contributed by atoms with van der Waals surface area (Å²) in [6, 6.07) is 3.75. The van der Waals surface area contributed by atoms with E-state index in [9.17, 15) is 4.79 Å². The standard InChI is InChI=1S/C15H22N2O3/c1-10-13(19-2)8-11(9-14(10)20-3)15(18)17-6-4-12(16)5-7-17/h8-9,12H,4-7,16H2,1-3H3. The third-order valence-electron chi connectivity index (χ3n) is 3.83. The smallest absolute Gasteiger partial charge is 0.254 e. The first-order valence-corrected chi connectivity index (χ1v) is 6.84. The summed E-state index contributed by atoms with van der Waals surface area (Å²) < 4.78 is 10.6. The SMILES string of the molecule is COc1cc(C(=O)N2CCC(N)CC2)cc(OC)c1C. The fourth-order valence-electron chi connectivity index (χ4n) is 2.49. The minimum absolute atomic E-state index is 0.00787. The van der Waals surface area contributed by atoms with Crippen molar-refractivity contribution in [2.24, 2.45) is 5.73 Å². The van der Waals surface area contributed by atoms with Crippen LogP contribution in [0.25, 0.3) is 0 Å². The van der Waals surface area contributed by atoms with Crippen LogP contribution in [0.1, 0.15) is 28.8 Å². The molecule has 0 bridgehead atoms. The van der Waals surface area contributed by atoms with Gasteiger partial charge >= 0.3 is 0 Å². The molecule has 2 rings (SSSR count). The number of benzene rings is 1. The molecule has 5 nitrogen and oxygen atoms in total. The van der Waals surface area contributed by atoms with E-state index in [0.717, 1.165) is 18.4 Å². The molecule has 1 aliphatic heterocycles. The molecule has 20 heavy (non-hydrogen) atoms. The lowest BCUT2D eigenvalue weighted by Crippen LogP contribution is -2.42. The number of hydrogen-bond donors (Lipinski definition) is 1. The van der Waals surface area contributed by atoms with Crippen LogP contribution in [0.3, 0.4) is 0 Å². The van der Waals surface area contributed by atoms with E-state index in [1.165, 1.54) is 0 Å². The Morgan fingerprint density at radius 2 is 1.70 bits per heavy atom. The van der Waals surface area contributed by atoms with Crippen LogP contribution in [0, 0.1) is 6.92 Å². The van der Waals surface area contributed by atoms with Gasteiger partial charge in [-0.1, -0.05) is 0 Å². The first-order chi connectivity index (χ1) is 9.56. The van der Waals surface area contributed by atoms with Crippen LogP contribution >= 0.6 is 0 Å². The third-order valence-corrected chi connectivity index (χ3v) is 3.83. The Balaban J connectivity index is 2.25. The molecule has 0 saturated carbocycles. The second-order valence-corrected chi connectivity index (χ2v) is 5.14. The van der Waals surface area contributed by atoms with Crippen molar-refractivity contribution in [2.75, 3.05) is 27.3 Å². The Hall–Kier alpha value is -1.75. The number of methoxy groups -OCH3 is 2. The van der Waals surface area contributed by atoms with Gasteiger partial charge in [-0.3, -0.25) is 4.79 Å². The van der Waals surface area contributed by atoms with Crippen molar-refractivity contribution in [1.29, 1.82) is 0 Å². The first-order valence-electron chi connectivity index (χ1n) is 6.84. The largest absolute Gasteiger partial charge is 0.496 e. The second kappa shape index (κ2) is 6.13. The molecule has 2 N–H and O–H groups in total. The Morgan fingerprint density at radius 1 is 1.20 bits per heavy atom. The molecule has 1 fully saturated rings. The lowest BCUT2D eigenvalue weighted by atomic mass is 10.0. The summed E-state index contributed by atoms with van der Waals surface area (Å²) in [6.45, 7) is 3.32. The zero-order valence-corrected chi connectivity index (χ0v) is 12.3. The molecule has 1 aromatic rings. The van der Waals surface area contributed by atoms with E-state index in [4.69, 9.17) is 15.2 Å².